The van der Waals surface area contributed by atoms with Crippen LogP contribution in [0.15, 0.2) is 0 Å². The molecule has 0 aromatic rings. The lowest BCUT2D eigenvalue weighted by Crippen LogP contribution is -2.39. The summed E-state index contributed by atoms with van der Waals surface area (Å²) in [7, 11) is 0. The van der Waals surface area contributed by atoms with Crippen molar-refractivity contribution in [3.63, 3.8) is 0 Å². The van der Waals surface area contributed by atoms with Crippen molar-refractivity contribution in [3.8, 4) is 0 Å². The summed E-state index contributed by atoms with van der Waals surface area (Å²) < 4.78 is 0. The van der Waals surface area contributed by atoms with Gasteiger partial charge in [-0.3, -0.25) is 4.79 Å². The van der Waals surface area contributed by atoms with E-state index in [1.165, 1.54) is 51.4 Å². The number of rotatable bonds is 15. The molecule has 1 atom stereocenters. The Hall–Kier alpha value is -0.610. The van der Waals surface area contributed by atoms with Crippen LogP contribution >= 0.6 is 0 Å². The molecule has 0 radical (unpaired) electrons. The molecule has 0 amide bonds. The smallest absolute Gasteiger partial charge is 0.320 e. The van der Waals surface area contributed by atoms with Crippen molar-refractivity contribution in [2.24, 2.45) is 5.73 Å². The minimum absolute atomic E-state index is 0.424. The molecule has 1 unspecified atom stereocenters. The van der Waals surface area contributed by atoms with Gasteiger partial charge in [0.05, 0.1) is 0 Å². The lowest BCUT2D eigenvalue weighted by atomic mass is 10.0. The summed E-state index contributed by atoms with van der Waals surface area (Å²) in [5.74, 6) is -0.755. The van der Waals surface area contributed by atoms with Crippen molar-refractivity contribution in [1.82, 2.24) is 5.32 Å². The standard InChI is InChI=1S/C16H34N2O2/c1-2-3-4-5-6-7-8-9-10-11-12-15(16(19)20)18-14-13-17/h15,18H,2-14,17H2,1H3,(H,19,20). The minimum atomic E-state index is -0.755. The molecule has 0 saturated heterocycles. The molecule has 20 heavy (non-hydrogen) atoms. The third kappa shape index (κ3) is 12.4. The molecule has 120 valence electrons. The SMILES string of the molecule is CCCCCCCCCCCCC(NCCN)C(=O)O. The van der Waals surface area contributed by atoms with Crippen LogP contribution in [0.3, 0.4) is 0 Å². The highest BCUT2D eigenvalue weighted by Crippen LogP contribution is 2.12. The summed E-state index contributed by atoms with van der Waals surface area (Å²) in [5.41, 5.74) is 5.37. The predicted molar refractivity (Wildman–Crippen MR) is 84.9 cm³/mol. The predicted octanol–water partition coefficient (Wildman–Crippen LogP) is 3.30. The van der Waals surface area contributed by atoms with Crippen molar-refractivity contribution in [3.05, 3.63) is 0 Å². The van der Waals surface area contributed by atoms with E-state index < -0.39 is 12.0 Å². The molecule has 4 N–H and O–H groups in total. The number of unbranched alkanes of at least 4 members (excludes halogenated alkanes) is 9. The maximum absolute atomic E-state index is 11.0. The zero-order valence-corrected chi connectivity index (χ0v) is 13.2. The number of carboxylic acids is 1. The normalized spacial score (nSPS) is 12.5. The van der Waals surface area contributed by atoms with E-state index in [0.717, 1.165) is 12.8 Å². The molecule has 4 nitrogen and oxygen atoms in total. The highest BCUT2D eigenvalue weighted by Gasteiger charge is 2.14. The van der Waals surface area contributed by atoms with Gasteiger partial charge in [-0.1, -0.05) is 71.1 Å². The quantitative estimate of drug-likeness (QED) is 0.404. The molecular weight excluding hydrogens is 252 g/mol. The highest BCUT2D eigenvalue weighted by atomic mass is 16.4. The average Bonchev–Trinajstić information content (AvgIpc) is 2.43. The first-order valence-electron chi connectivity index (χ1n) is 8.38. The van der Waals surface area contributed by atoms with Crippen LogP contribution in [0.5, 0.6) is 0 Å². The number of nitrogens with two attached hydrogens (primary N) is 1. The van der Waals surface area contributed by atoms with Crippen molar-refractivity contribution < 1.29 is 9.90 Å². The fourth-order valence-electron chi connectivity index (χ4n) is 2.41. The largest absolute Gasteiger partial charge is 0.480 e. The molecule has 0 saturated carbocycles. The van der Waals surface area contributed by atoms with Crippen LogP contribution in [0.4, 0.5) is 0 Å². The summed E-state index contributed by atoms with van der Waals surface area (Å²) in [6.45, 7) is 3.31. The second kappa shape index (κ2) is 14.8. The summed E-state index contributed by atoms with van der Waals surface area (Å²) in [6.07, 6.45) is 13.5. The Bertz CT molecular complexity index is 223. The van der Waals surface area contributed by atoms with Gasteiger partial charge in [0.2, 0.25) is 0 Å². The number of nitrogens with one attached hydrogen (secondary N) is 1. The van der Waals surface area contributed by atoms with Gasteiger partial charge < -0.3 is 16.2 Å². The van der Waals surface area contributed by atoms with Crippen molar-refractivity contribution in [2.45, 2.75) is 83.6 Å². The van der Waals surface area contributed by atoms with Crippen molar-refractivity contribution >= 4 is 5.97 Å². The molecule has 0 aliphatic carbocycles. The van der Waals surface area contributed by atoms with Crippen LogP contribution in [0.25, 0.3) is 0 Å². The Morgan fingerprint density at radius 2 is 1.50 bits per heavy atom. The Kier molecular flexibility index (Phi) is 14.3. The topological polar surface area (TPSA) is 75.3 Å². The highest BCUT2D eigenvalue weighted by molar-refractivity contribution is 5.73. The molecule has 0 aromatic carbocycles. The Morgan fingerprint density at radius 3 is 1.95 bits per heavy atom. The summed E-state index contributed by atoms with van der Waals surface area (Å²) in [4.78, 5) is 11.0. The molecule has 4 heteroatoms. The van der Waals surface area contributed by atoms with E-state index in [1.807, 2.05) is 0 Å². The molecule has 0 aliphatic rings. The van der Waals surface area contributed by atoms with Gasteiger partial charge in [-0.15, -0.1) is 0 Å². The summed E-state index contributed by atoms with van der Waals surface area (Å²) in [5, 5.41) is 12.0. The Balaban J connectivity index is 3.34. The first-order chi connectivity index (χ1) is 9.72. The number of hydrogen-bond acceptors (Lipinski definition) is 3. The van der Waals surface area contributed by atoms with E-state index in [4.69, 9.17) is 10.8 Å². The second-order valence-electron chi connectivity index (χ2n) is 5.60. The summed E-state index contributed by atoms with van der Waals surface area (Å²) in [6, 6.07) is -0.424. The van der Waals surface area contributed by atoms with E-state index in [2.05, 4.69) is 12.2 Å². The van der Waals surface area contributed by atoms with E-state index in [1.54, 1.807) is 0 Å². The van der Waals surface area contributed by atoms with Crippen LogP contribution in [0, 0.1) is 0 Å². The molecule has 0 rings (SSSR count). The van der Waals surface area contributed by atoms with Crippen LogP contribution in [0.2, 0.25) is 0 Å². The van der Waals surface area contributed by atoms with E-state index in [9.17, 15) is 4.79 Å². The van der Waals surface area contributed by atoms with Crippen LogP contribution in [-0.4, -0.2) is 30.2 Å². The number of aliphatic carboxylic acids is 1. The van der Waals surface area contributed by atoms with Crippen molar-refractivity contribution in [1.29, 1.82) is 0 Å². The monoisotopic (exact) mass is 286 g/mol. The lowest BCUT2D eigenvalue weighted by molar-refractivity contribution is -0.139. The van der Waals surface area contributed by atoms with Gasteiger partial charge >= 0.3 is 5.97 Å². The third-order valence-corrected chi connectivity index (χ3v) is 3.68. The molecule has 0 heterocycles. The first-order valence-corrected chi connectivity index (χ1v) is 8.38. The van der Waals surface area contributed by atoms with Gasteiger partial charge in [-0.2, -0.15) is 0 Å². The number of carbonyl (C=O) groups is 1. The van der Waals surface area contributed by atoms with Crippen LogP contribution in [0.1, 0.15) is 77.6 Å². The average molecular weight is 286 g/mol. The second-order valence-corrected chi connectivity index (χ2v) is 5.60. The third-order valence-electron chi connectivity index (χ3n) is 3.68. The number of hydrogen-bond donors (Lipinski definition) is 3. The molecule has 0 fully saturated rings. The molecule has 0 aromatic heterocycles. The van der Waals surface area contributed by atoms with E-state index in [0.29, 0.717) is 19.5 Å². The minimum Gasteiger partial charge on any atom is -0.480 e. The zero-order chi connectivity index (χ0) is 15.1. The molecule has 0 bridgehead atoms. The maximum Gasteiger partial charge on any atom is 0.320 e. The molecule has 0 spiro atoms. The fraction of sp³-hybridized carbons (Fsp3) is 0.938. The lowest BCUT2D eigenvalue weighted by Gasteiger charge is -2.13. The zero-order valence-electron chi connectivity index (χ0n) is 13.2. The molecular formula is C16H34N2O2. The summed E-state index contributed by atoms with van der Waals surface area (Å²) >= 11 is 0. The van der Waals surface area contributed by atoms with Crippen LogP contribution in [-0.2, 0) is 4.79 Å². The van der Waals surface area contributed by atoms with Gasteiger partial charge in [0.15, 0.2) is 0 Å². The van der Waals surface area contributed by atoms with E-state index in [-0.39, 0.29) is 0 Å². The van der Waals surface area contributed by atoms with Gasteiger partial charge in [0, 0.05) is 13.1 Å². The Morgan fingerprint density at radius 1 is 1.00 bits per heavy atom. The van der Waals surface area contributed by atoms with Gasteiger partial charge in [0.1, 0.15) is 6.04 Å². The Labute approximate surface area is 124 Å². The fourth-order valence-corrected chi connectivity index (χ4v) is 2.41. The molecule has 0 aliphatic heterocycles. The van der Waals surface area contributed by atoms with Gasteiger partial charge in [-0.25, -0.2) is 0 Å². The van der Waals surface area contributed by atoms with E-state index >= 15 is 0 Å². The van der Waals surface area contributed by atoms with Crippen molar-refractivity contribution in [2.75, 3.05) is 13.1 Å². The maximum atomic E-state index is 11.0. The van der Waals surface area contributed by atoms with Crippen LogP contribution < -0.4 is 11.1 Å². The van der Waals surface area contributed by atoms with Gasteiger partial charge in [0.25, 0.3) is 0 Å². The first kappa shape index (κ1) is 19.4. The number of carboxylic acid groups (broad SMARTS) is 1. The van der Waals surface area contributed by atoms with Gasteiger partial charge in [-0.05, 0) is 6.42 Å².